The topological polar surface area (TPSA) is 57.4 Å². The molecule has 1 fully saturated rings. The Balaban J connectivity index is 1.57. The second kappa shape index (κ2) is 6.26. The summed E-state index contributed by atoms with van der Waals surface area (Å²) in [6.45, 7) is 6.01. The summed E-state index contributed by atoms with van der Waals surface area (Å²) in [5.74, 6) is 2.71. The van der Waals surface area contributed by atoms with Crippen molar-refractivity contribution < 1.29 is 13.9 Å². The molecule has 0 N–H and O–H groups in total. The summed E-state index contributed by atoms with van der Waals surface area (Å²) in [5.41, 5.74) is 1.31. The van der Waals surface area contributed by atoms with Crippen LogP contribution in [0.3, 0.4) is 0 Å². The van der Waals surface area contributed by atoms with E-state index in [1.54, 1.807) is 0 Å². The summed E-state index contributed by atoms with van der Waals surface area (Å²) in [7, 11) is 0. The lowest BCUT2D eigenvalue weighted by Crippen LogP contribution is -1.99. The molecule has 21 heavy (non-hydrogen) atoms. The van der Waals surface area contributed by atoms with Gasteiger partial charge in [0.2, 0.25) is 5.89 Å². The van der Waals surface area contributed by atoms with Gasteiger partial charge in [0.15, 0.2) is 6.61 Å². The largest absolute Gasteiger partial charge is 0.484 e. The Morgan fingerprint density at radius 2 is 2.05 bits per heavy atom. The van der Waals surface area contributed by atoms with E-state index >= 15 is 0 Å². The second-order valence-corrected chi connectivity index (χ2v) is 5.61. The minimum absolute atomic E-state index is 0.235. The highest BCUT2D eigenvalue weighted by atomic mass is 16.5. The molecule has 1 aromatic heterocycles. The molecule has 1 aliphatic rings. The molecule has 1 aliphatic heterocycles. The Morgan fingerprint density at radius 1 is 1.24 bits per heavy atom. The Labute approximate surface area is 124 Å². The monoisotopic (exact) mass is 288 g/mol. The van der Waals surface area contributed by atoms with E-state index in [-0.39, 0.29) is 5.92 Å². The third-order valence-electron chi connectivity index (χ3n) is 3.62. The van der Waals surface area contributed by atoms with E-state index in [0.29, 0.717) is 24.3 Å². The van der Waals surface area contributed by atoms with E-state index in [4.69, 9.17) is 13.9 Å². The lowest BCUT2D eigenvalue weighted by atomic mass is 9.99. The Kier molecular flexibility index (Phi) is 4.20. The van der Waals surface area contributed by atoms with Gasteiger partial charge in [-0.25, -0.2) is 0 Å². The lowest BCUT2D eigenvalue weighted by Gasteiger charge is -2.09. The molecule has 0 radical (unpaired) electrons. The molecule has 0 spiro atoms. The van der Waals surface area contributed by atoms with Crippen LogP contribution >= 0.6 is 0 Å². The zero-order valence-electron chi connectivity index (χ0n) is 12.4. The van der Waals surface area contributed by atoms with Crippen LogP contribution in [0.2, 0.25) is 0 Å². The molecule has 5 nitrogen and oxygen atoms in total. The van der Waals surface area contributed by atoms with Gasteiger partial charge in [0, 0.05) is 18.4 Å². The SMILES string of the molecule is CC(C)c1nnc(COc2ccc([C@H]3CCOC3)cc2)o1. The molecule has 1 atom stereocenters. The maximum Gasteiger partial charge on any atom is 0.253 e. The minimum Gasteiger partial charge on any atom is -0.484 e. The summed E-state index contributed by atoms with van der Waals surface area (Å²) < 4.78 is 16.6. The summed E-state index contributed by atoms with van der Waals surface area (Å²) in [6, 6.07) is 8.16. The molecule has 112 valence electrons. The summed E-state index contributed by atoms with van der Waals surface area (Å²) in [4.78, 5) is 0. The van der Waals surface area contributed by atoms with Crippen LogP contribution in [-0.4, -0.2) is 23.4 Å². The van der Waals surface area contributed by atoms with Gasteiger partial charge in [0.25, 0.3) is 5.89 Å². The van der Waals surface area contributed by atoms with Crippen LogP contribution in [0.1, 0.15) is 49.4 Å². The molecular formula is C16H20N2O3. The maximum absolute atomic E-state index is 5.68. The van der Waals surface area contributed by atoms with Gasteiger partial charge in [0.1, 0.15) is 5.75 Å². The van der Waals surface area contributed by atoms with Crippen molar-refractivity contribution in [3.05, 3.63) is 41.6 Å². The summed E-state index contributed by atoms with van der Waals surface area (Å²) in [5, 5.41) is 7.96. The number of aromatic nitrogens is 2. The van der Waals surface area contributed by atoms with E-state index in [2.05, 4.69) is 22.3 Å². The molecule has 0 aliphatic carbocycles. The predicted molar refractivity (Wildman–Crippen MR) is 77.3 cm³/mol. The van der Waals surface area contributed by atoms with E-state index in [0.717, 1.165) is 25.4 Å². The molecule has 0 bridgehead atoms. The van der Waals surface area contributed by atoms with Crippen LogP contribution in [0.4, 0.5) is 0 Å². The van der Waals surface area contributed by atoms with Crippen LogP contribution in [0.5, 0.6) is 5.75 Å². The fourth-order valence-electron chi connectivity index (χ4n) is 2.34. The highest BCUT2D eigenvalue weighted by Gasteiger charge is 2.17. The number of nitrogens with zero attached hydrogens (tertiary/aromatic N) is 2. The van der Waals surface area contributed by atoms with Crippen molar-refractivity contribution in [2.24, 2.45) is 0 Å². The highest BCUT2D eigenvalue weighted by molar-refractivity contribution is 5.29. The van der Waals surface area contributed by atoms with Gasteiger partial charge in [-0.1, -0.05) is 26.0 Å². The summed E-state index contributed by atoms with van der Waals surface area (Å²) >= 11 is 0. The van der Waals surface area contributed by atoms with Gasteiger partial charge in [-0.05, 0) is 24.1 Å². The van der Waals surface area contributed by atoms with Gasteiger partial charge in [-0.3, -0.25) is 0 Å². The van der Waals surface area contributed by atoms with Crippen molar-refractivity contribution in [1.82, 2.24) is 10.2 Å². The van der Waals surface area contributed by atoms with E-state index in [1.807, 2.05) is 26.0 Å². The van der Waals surface area contributed by atoms with Gasteiger partial charge < -0.3 is 13.9 Å². The van der Waals surface area contributed by atoms with Gasteiger partial charge in [-0.15, -0.1) is 10.2 Å². The first-order valence-electron chi connectivity index (χ1n) is 7.35. The number of benzene rings is 1. The number of hydrogen-bond donors (Lipinski definition) is 0. The lowest BCUT2D eigenvalue weighted by molar-refractivity contribution is 0.194. The van der Waals surface area contributed by atoms with Gasteiger partial charge in [-0.2, -0.15) is 0 Å². The first-order chi connectivity index (χ1) is 10.2. The molecule has 3 rings (SSSR count). The third kappa shape index (κ3) is 3.42. The van der Waals surface area contributed by atoms with Crippen molar-refractivity contribution in [3.63, 3.8) is 0 Å². The van der Waals surface area contributed by atoms with Crippen LogP contribution < -0.4 is 4.74 Å². The van der Waals surface area contributed by atoms with E-state index in [1.165, 1.54) is 5.56 Å². The van der Waals surface area contributed by atoms with E-state index in [9.17, 15) is 0 Å². The molecule has 0 unspecified atom stereocenters. The summed E-state index contributed by atoms with van der Waals surface area (Å²) in [6.07, 6.45) is 1.10. The van der Waals surface area contributed by atoms with E-state index < -0.39 is 0 Å². The average molecular weight is 288 g/mol. The second-order valence-electron chi connectivity index (χ2n) is 5.61. The number of rotatable bonds is 5. The standard InChI is InChI=1S/C16H20N2O3/c1-11(2)16-18-17-15(21-16)10-20-14-5-3-12(4-6-14)13-7-8-19-9-13/h3-6,11,13H,7-10H2,1-2H3/t13-/m0/s1. The molecule has 5 heteroatoms. The van der Waals surface area contributed by atoms with Crippen molar-refractivity contribution in [3.8, 4) is 5.75 Å². The molecular weight excluding hydrogens is 268 g/mol. The average Bonchev–Trinajstić information content (AvgIpc) is 3.17. The Morgan fingerprint density at radius 3 is 2.67 bits per heavy atom. The van der Waals surface area contributed by atoms with Crippen molar-refractivity contribution in [2.45, 2.75) is 38.7 Å². The Bertz CT molecular complexity index is 571. The van der Waals surface area contributed by atoms with Crippen LogP contribution in [0.15, 0.2) is 28.7 Å². The molecule has 1 aromatic carbocycles. The van der Waals surface area contributed by atoms with Crippen LogP contribution in [-0.2, 0) is 11.3 Å². The van der Waals surface area contributed by atoms with Crippen molar-refractivity contribution in [2.75, 3.05) is 13.2 Å². The smallest absolute Gasteiger partial charge is 0.253 e. The predicted octanol–water partition coefficient (Wildman–Crippen LogP) is 3.28. The molecule has 2 heterocycles. The highest BCUT2D eigenvalue weighted by Crippen LogP contribution is 2.26. The fraction of sp³-hybridized carbons (Fsp3) is 0.500. The van der Waals surface area contributed by atoms with Crippen molar-refractivity contribution in [1.29, 1.82) is 0 Å². The number of hydrogen-bond acceptors (Lipinski definition) is 5. The Hall–Kier alpha value is -1.88. The number of ether oxygens (including phenoxy) is 2. The van der Waals surface area contributed by atoms with Crippen LogP contribution in [0, 0.1) is 0 Å². The third-order valence-corrected chi connectivity index (χ3v) is 3.62. The molecule has 1 saturated heterocycles. The van der Waals surface area contributed by atoms with Crippen LogP contribution in [0.25, 0.3) is 0 Å². The first kappa shape index (κ1) is 14.1. The van der Waals surface area contributed by atoms with Gasteiger partial charge >= 0.3 is 0 Å². The molecule has 0 amide bonds. The minimum atomic E-state index is 0.235. The zero-order valence-corrected chi connectivity index (χ0v) is 12.4. The zero-order chi connectivity index (χ0) is 14.7. The first-order valence-corrected chi connectivity index (χ1v) is 7.35. The molecule has 2 aromatic rings. The molecule has 0 saturated carbocycles. The normalized spacial score (nSPS) is 18.3. The van der Waals surface area contributed by atoms with Gasteiger partial charge in [0.05, 0.1) is 6.61 Å². The fourth-order valence-corrected chi connectivity index (χ4v) is 2.34. The van der Waals surface area contributed by atoms with Crippen molar-refractivity contribution >= 4 is 0 Å². The maximum atomic E-state index is 5.68. The quantitative estimate of drug-likeness (QED) is 0.845.